The minimum Gasteiger partial charge on any atom is -0.415 e. The van der Waals surface area contributed by atoms with Crippen LogP contribution in [-0.2, 0) is 16.8 Å². The molecule has 0 N–H and O–H groups in total. The van der Waals surface area contributed by atoms with E-state index in [-0.39, 0.29) is 24.9 Å². The van der Waals surface area contributed by atoms with Gasteiger partial charge in [-0.2, -0.15) is 8.78 Å². The lowest BCUT2D eigenvalue weighted by molar-refractivity contribution is -0.134. The van der Waals surface area contributed by atoms with Gasteiger partial charge in [0.1, 0.15) is 0 Å². The molecule has 40 heavy (non-hydrogen) atoms. The van der Waals surface area contributed by atoms with Crippen LogP contribution in [0.25, 0.3) is 11.5 Å². The summed E-state index contributed by atoms with van der Waals surface area (Å²) in [5.41, 5.74) is 1.55. The summed E-state index contributed by atoms with van der Waals surface area (Å²) in [4.78, 5) is 36.2. The highest BCUT2D eigenvalue weighted by atomic mass is 19.3. The van der Waals surface area contributed by atoms with Gasteiger partial charge in [0.2, 0.25) is 11.8 Å². The molecule has 1 saturated heterocycles. The Balaban J connectivity index is 1.32. The predicted octanol–water partition coefficient (Wildman–Crippen LogP) is 4.31. The van der Waals surface area contributed by atoms with Gasteiger partial charge in [-0.15, -0.1) is 10.2 Å². The molecule has 2 amide bonds. The average Bonchev–Trinajstić information content (AvgIpc) is 3.41. The summed E-state index contributed by atoms with van der Waals surface area (Å²) in [5, 5.41) is 6.88. The molecule has 4 heterocycles. The van der Waals surface area contributed by atoms with E-state index in [1.165, 1.54) is 12.3 Å². The van der Waals surface area contributed by atoms with Gasteiger partial charge in [-0.3, -0.25) is 24.4 Å². The third kappa shape index (κ3) is 5.42. The maximum absolute atomic E-state index is 13.5. The van der Waals surface area contributed by atoms with E-state index < -0.39 is 29.6 Å². The van der Waals surface area contributed by atoms with Gasteiger partial charge >= 0.3 is 6.43 Å². The molecular weight excluding hydrogens is 532 g/mol. The highest BCUT2D eigenvalue weighted by Gasteiger charge is 2.45. The Morgan fingerprint density at radius 1 is 1.05 bits per heavy atom. The van der Waals surface area contributed by atoms with E-state index in [0.717, 1.165) is 17.5 Å². The minimum atomic E-state index is -2.89. The second kappa shape index (κ2) is 10.3. The molecule has 212 valence electrons. The Morgan fingerprint density at radius 2 is 1.77 bits per heavy atom. The zero-order valence-electron chi connectivity index (χ0n) is 22.2. The molecule has 0 spiro atoms. The van der Waals surface area contributed by atoms with Crippen LogP contribution < -0.4 is 4.90 Å². The van der Waals surface area contributed by atoms with Crippen molar-refractivity contribution >= 4 is 17.5 Å². The van der Waals surface area contributed by atoms with Gasteiger partial charge in [0.15, 0.2) is 0 Å². The Labute approximate surface area is 227 Å². The first-order valence-corrected chi connectivity index (χ1v) is 12.8. The van der Waals surface area contributed by atoms with Gasteiger partial charge in [-0.1, -0.05) is 0 Å². The Bertz CT molecular complexity index is 1410. The SMILES string of the molecule is CC(F)(F)CN1CCN(c2ccc3c(c2)C(C)(C)C(=O)N(Cc2ccc(-c4nnc(C(F)F)o4)cn2)C3=O)CC1. The second-order valence-electron chi connectivity index (χ2n) is 10.7. The largest absolute Gasteiger partial charge is 0.415 e. The van der Waals surface area contributed by atoms with Crippen molar-refractivity contribution in [2.75, 3.05) is 37.6 Å². The quantitative estimate of drug-likeness (QED) is 0.312. The van der Waals surface area contributed by atoms with Crippen molar-refractivity contribution in [3.05, 3.63) is 59.2 Å². The van der Waals surface area contributed by atoms with Gasteiger partial charge in [-0.05, 0) is 49.7 Å². The fourth-order valence-electron chi connectivity index (χ4n) is 5.07. The maximum Gasteiger partial charge on any atom is 0.314 e. The van der Waals surface area contributed by atoms with Crippen LogP contribution in [0.2, 0.25) is 0 Å². The van der Waals surface area contributed by atoms with Crippen LogP contribution >= 0.6 is 0 Å². The fraction of sp³-hybridized carbons (Fsp3) is 0.444. The monoisotopic (exact) mass is 560 g/mol. The number of halogens is 4. The molecule has 0 aliphatic carbocycles. The second-order valence-corrected chi connectivity index (χ2v) is 10.7. The summed E-state index contributed by atoms with van der Waals surface area (Å²) >= 11 is 0. The van der Waals surface area contributed by atoms with Gasteiger partial charge < -0.3 is 9.32 Å². The highest BCUT2D eigenvalue weighted by Crippen LogP contribution is 2.37. The Kier molecular flexibility index (Phi) is 7.11. The molecule has 2 aliphatic heterocycles. The predicted molar refractivity (Wildman–Crippen MR) is 136 cm³/mol. The first kappa shape index (κ1) is 27.7. The number of rotatable bonds is 7. The number of carbonyl (C=O) groups excluding carboxylic acids is 2. The van der Waals surface area contributed by atoms with E-state index in [4.69, 9.17) is 4.42 Å². The smallest absolute Gasteiger partial charge is 0.314 e. The molecular formula is C27H28F4N6O3. The molecule has 2 aliphatic rings. The Morgan fingerprint density at radius 3 is 2.38 bits per heavy atom. The molecule has 3 aromatic rings. The van der Waals surface area contributed by atoms with Crippen molar-refractivity contribution in [1.29, 1.82) is 0 Å². The first-order valence-electron chi connectivity index (χ1n) is 12.8. The molecule has 0 saturated carbocycles. The van der Waals surface area contributed by atoms with E-state index in [9.17, 15) is 27.2 Å². The molecule has 9 nitrogen and oxygen atoms in total. The number of imide groups is 1. The average molecular weight is 561 g/mol. The molecule has 1 fully saturated rings. The number of fused-ring (bicyclic) bond motifs is 1. The number of carbonyl (C=O) groups is 2. The van der Waals surface area contributed by atoms with Crippen LogP contribution in [0.4, 0.5) is 23.2 Å². The number of pyridine rings is 1. The number of aromatic nitrogens is 3. The van der Waals surface area contributed by atoms with Crippen LogP contribution in [-0.4, -0.2) is 75.4 Å². The molecule has 13 heteroatoms. The Hall–Kier alpha value is -3.87. The lowest BCUT2D eigenvalue weighted by Gasteiger charge is -2.40. The molecule has 0 unspecified atom stereocenters. The number of hydrogen-bond donors (Lipinski definition) is 0. The summed E-state index contributed by atoms with van der Waals surface area (Å²) < 4.78 is 57.2. The van der Waals surface area contributed by atoms with Crippen molar-refractivity contribution < 1.29 is 31.6 Å². The molecule has 1 aromatic carbocycles. The van der Waals surface area contributed by atoms with Crippen molar-refractivity contribution in [2.24, 2.45) is 0 Å². The van der Waals surface area contributed by atoms with E-state index in [1.54, 1.807) is 30.9 Å². The van der Waals surface area contributed by atoms with Gasteiger partial charge in [0.05, 0.1) is 29.8 Å². The number of alkyl halides is 4. The van der Waals surface area contributed by atoms with Gasteiger partial charge in [0, 0.05) is 50.6 Å². The van der Waals surface area contributed by atoms with Crippen molar-refractivity contribution in [3.63, 3.8) is 0 Å². The van der Waals surface area contributed by atoms with Crippen molar-refractivity contribution in [3.8, 4) is 11.5 Å². The fourth-order valence-corrected chi connectivity index (χ4v) is 5.07. The molecule has 0 atom stereocenters. The van der Waals surface area contributed by atoms with Crippen LogP contribution in [0.1, 0.15) is 54.7 Å². The number of nitrogens with zero attached hydrogens (tertiary/aromatic N) is 6. The van der Waals surface area contributed by atoms with E-state index in [2.05, 4.69) is 20.1 Å². The lowest BCUT2D eigenvalue weighted by atomic mass is 9.77. The van der Waals surface area contributed by atoms with Crippen LogP contribution in [0.3, 0.4) is 0 Å². The number of amides is 2. The maximum atomic E-state index is 13.5. The van der Waals surface area contributed by atoms with Gasteiger partial charge in [-0.25, -0.2) is 8.78 Å². The summed E-state index contributed by atoms with van der Waals surface area (Å²) in [6.45, 7) is 6.13. The highest BCUT2D eigenvalue weighted by molar-refractivity contribution is 6.13. The summed E-state index contributed by atoms with van der Waals surface area (Å²) in [5.74, 6) is -4.51. The normalized spacial score (nSPS) is 18.0. The summed E-state index contributed by atoms with van der Waals surface area (Å²) in [6, 6.07) is 8.46. The van der Waals surface area contributed by atoms with Crippen LogP contribution in [0.15, 0.2) is 40.9 Å². The lowest BCUT2D eigenvalue weighted by Crippen LogP contribution is -2.52. The number of hydrogen-bond acceptors (Lipinski definition) is 8. The van der Waals surface area contributed by atoms with Crippen molar-refractivity contribution in [2.45, 2.75) is 45.1 Å². The molecule has 2 aromatic heterocycles. The number of anilines is 1. The van der Waals surface area contributed by atoms with E-state index >= 15 is 0 Å². The standard InChI is InChI=1S/C27H28F4N6O3/c1-26(2)20-12-18(36-10-8-35(9-11-36)15-27(3,30)31)6-7-19(20)24(38)37(25(26)39)14-17-5-4-16(13-32-17)22-33-34-23(40-22)21(28)29/h4-7,12-13,21H,8-11,14-15H2,1-3H3. The van der Waals surface area contributed by atoms with Crippen LogP contribution in [0.5, 0.6) is 0 Å². The molecule has 0 bridgehead atoms. The summed E-state index contributed by atoms with van der Waals surface area (Å²) in [7, 11) is 0. The third-order valence-electron chi connectivity index (χ3n) is 7.19. The third-order valence-corrected chi connectivity index (χ3v) is 7.19. The summed E-state index contributed by atoms with van der Waals surface area (Å²) in [6.07, 6.45) is -1.54. The van der Waals surface area contributed by atoms with Gasteiger partial charge in [0.25, 0.3) is 17.7 Å². The van der Waals surface area contributed by atoms with E-state index in [1.807, 2.05) is 12.1 Å². The topological polar surface area (TPSA) is 95.7 Å². The number of piperazine rings is 1. The number of benzene rings is 1. The zero-order chi connectivity index (χ0) is 28.8. The van der Waals surface area contributed by atoms with Crippen molar-refractivity contribution in [1.82, 2.24) is 25.0 Å². The first-order chi connectivity index (χ1) is 18.8. The van der Waals surface area contributed by atoms with Crippen LogP contribution in [0, 0.1) is 0 Å². The van der Waals surface area contributed by atoms with E-state index in [0.29, 0.717) is 48.6 Å². The minimum absolute atomic E-state index is 0.0846. The zero-order valence-corrected chi connectivity index (χ0v) is 22.2. The molecule has 0 radical (unpaired) electrons. The molecule has 5 rings (SSSR count).